The second-order valence-electron chi connectivity index (χ2n) is 6.01. The van der Waals surface area contributed by atoms with Gasteiger partial charge in [-0.25, -0.2) is 17.7 Å². The lowest BCUT2D eigenvalue weighted by atomic mass is 9.97. The SMILES string of the molecule is Cc1cc(Cl)cc2sc(NC(=O)C3CCN(S(C)(=O)=O)CC3)nc12. The number of thiazole rings is 1. The molecule has 130 valence electrons. The maximum Gasteiger partial charge on any atom is 0.229 e. The fourth-order valence-corrected chi connectivity index (χ4v) is 5.06. The lowest BCUT2D eigenvalue weighted by Crippen LogP contribution is -2.40. The molecule has 0 saturated carbocycles. The standard InChI is InChI=1S/C15H18ClN3O3S2/c1-9-7-11(16)8-12-13(9)17-15(23-12)18-14(20)10-3-5-19(6-4-10)24(2,21)22/h7-8,10H,3-6H2,1-2H3,(H,17,18,20). The smallest absolute Gasteiger partial charge is 0.229 e. The molecule has 2 heterocycles. The van der Waals surface area contributed by atoms with Gasteiger partial charge in [0, 0.05) is 24.0 Å². The first-order valence-corrected chi connectivity index (χ1v) is 10.6. The zero-order valence-electron chi connectivity index (χ0n) is 13.4. The monoisotopic (exact) mass is 387 g/mol. The normalized spacial score (nSPS) is 17.3. The van der Waals surface area contributed by atoms with Crippen LogP contribution < -0.4 is 5.32 Å². The van der Waals surface area contributed by atoms with Crippen LogP contribution in [-0.4, -0.2) is 43.0 Å². The zero-order chi connectivity index (χ0) is 17.5. The third-order valence-electron chi connectivity index (χ3n) is 4.17. The molecule has 0 aliphatic carbocycles. The number of nitrogens with zero attached hydrogens (tertiary/aromatic N) is 2. The number of sulfonamides is 1. The van der Waals surface area contributed by atoms with Crippen molar-refractivity contribution in [3.05, 3.63) is 22.7 Å². The molecule has 24 heavy (non-hydrogen) atoms. The van der Waals surface area contributed by atoms with Gasteiger partial charge in [0.05, 0.1) is 16.5 Å². The summed E-state index contributed by atoms with van der Waals surface area (Å²) in [7, 11) is -3.18. The van der Waals surface area contributed by atoms with Gasteiger partial charge >= 0.3 is 0 Å². The van der Waals surface area contributed by atoms with Crippen LogP contribution in [-0.2, 0) is 14.8 Å². The average molecular weight is 388 g/mol. The van der Waals surface area contributed by atoms with Gasteiger partial charge < -0.3 is 5.32 Å². The molecule has 1 amide bonds. The Balaban J connectivity index is 1.69. The lowest BCUT2D eigenvalue weighted by molar-refractivity contribution is -0.120. The quantitative estimate of drug-likeness (QED) is 0.878. The Hall–Kier alpha value is -1.22. The highest BCUT2D eigenvalue weighted by atomic mass is 35.5. The van der Waals surface area contributed by atoms with Gasteiger partial charge in [-0.3, -0.25) is 4.79 Å². The van der Waals surface area contributed by atoms with Crippen molar-refractivity contribution in [3.63, 3.8) is 0 Å². The molecule has 0 unspecified atom stereocenters. The molecular weight excluding hydrogens is 370 g/mol. The van der Waals surface area contributed by atoms with E-state index in [9.17, 15) is 13.2 Å². The molecule has 1 saturated heterocycles. The first-order chi connectivity index (χ1) is 11.2. The van der Waals surface area contributed by atoms with Crippen LogP contribution in [0.4, 0.5) is 5.13 Å². The van der Waals surface area contributed by atoms with Gasteiger partial charge in [0.2, 0.25) is 15.9 Å². The Morgan fingerprint density at radius 2 is 2.04 bits per heavy atom. The van der Waals surface area contributed by atoms with Gasteiger partial charge in [0.1, 0.15) is 0 Å². The number of anilines is 1. The summed E-state index contributed by atoms with van der Waals surface area (Å²) in [6, 6.07) is 3.68. The Morgan fingerprint density at radius 3 is 2.67 bits per heavy atom. The number of carbonyl (C=O) groups is 1. The Bertz CT molecular complexity index is 887. The van der Waals surface area contributed by atoms with Gasteiger partial charge in [-0.2, -0.15) is 0 Å². The van der Waals surface area contributed by atoms with Crippen molar-refractivity contribution in [2.45, 2.75) is 19.8 Å². The number of aromatic nitrogens is 1. The van der Waals surface area contributed by atoms with Gasteiger partial charge in [-0.15, -0.1) is 0 Å². The maximum absolute atomic E-state index is 12.4. The van der Waals surface area contributed by atoms with E-state index < -0.39 is 10.0 Å². The van der Waals surface area contributed by atoms with Crippen LogP contribution in [0.2, 0.25) is 5.02 Å². The van der Waals surface area contributed by atoms with Crippen molar-refractivity contribution in [3.8, 4) is 0 Å². The Morgan fingerprint density at radius 1 is 1.38 bits per heavy atom. The number of amides is 1. The molecule has 1 fully saturated rings. The predicted molar refractivity (Wildman–Crippen MR) is 97.1 cm³/mol. The van der Waals surface area contributed by atoms with Gasteiger partial charge in [0.25, 0.3) is 0 Å². The summed E-state index contributed by atoms with van der Waals surface area (Å²) < 4.78 is 25.4. The van der Waals surface area contributed by atoms with E-state index in [4.69, 9.17) is 11.6 Å². The second-order valence-corrected chi connectivity index (χ2v) is 9.46. The first-order valence-electron chi connectivity index (χ1n) is 7.57. The highest BCUT2D eigenvalue weighted by Gasteiger charge is 2.29. The summed E-state index contributed by atoms with van der Waals surface area (Å²) in [6.45, 7) is 2.69. The highest BCUT2D eigenvalue weighted by Crippen LogP contribution is 2.31. The van der Waals surface area contributed by atoms with E-state index in [0.29, 0.717) is 36.1 Å². The molecule has 1 N–H and O–H groups in total. The van der Waals surface area contributed by atoms with Crippen LogP contribution >= 0.6 is 22.9 Å². The molecule has 1 aromatic carbocycles. The number of aryl methyl sites for hydroxylation is 1. The summed E-state index contributed by atoms with van der Waals surface area (Å²) in [5, 5.41) is 4.05. The molecule has 1 aliphatic heterocycles. The number of carbonyl (C=O) groups excluding carboxylic acids is 1. The molecule has 0 atom stereocenters. The summed E-state index contributed by atoms with van der Waals surface area (Å²) in [5.74, 6) is -0.300. The zero-order valence-corrected chi connectivity index (χ0v) is 15.8. The Kier molecular flexibility index (Phi) is 4.83. The molecule has 2 aromatic rings. The molecule has 1 aromatic heterocycles. The minimum Gasteiger partial charge on any atom is -0.302 e. The van der Waals surface area contributed by atoms with Gasteiger partial charge in [-0.05, 0) is 37.5 Å². The topological polar surface area (TPSA) is 79.4 Å². The lowest BCUT2D eigenvalue weighted by Gasteiger charge is -2.29. The maximum atomic E-state index is 12.4. The molecule has 0 spiro atoms. The number of halogens is 1. The van der Waals surface area contributed by atoms with E-state index in [1.54, 1.807) is 0 Å². The number of benzene rings is 1. The van der Waals surface area contributed by atoms with Crippen molar-refractivity contribution >= 4 is 54.2 Å². The van der Waals surface area contributed by atoms with E-state index in [0.717, 1.165) is 15.8 Å². The summed E-state index contributed by atoms with van der Waals surface area (Å²) >= 11 is 7.44. The predicted octanol–water partition coefficient (Wildman–Crippen LogP) is 2.87. The van der Waals surface area contributed by atoms with Crippen molar-refractivity contribution in [1.82, 2.24) is 9.29 Å². The fourth-order valence-electron chi connectivity index (χ4n) is 2.86. The van der Waals surface area contributed by atoms with Crippen molar-refractivity contribution in [1.29, 1.82) is 0 Å². The third kappa shape index (κ3) is 3.72. The van der Waals surface area contributed by atoms with Crippen LogP contribution in [0.25, 0.3) is 10.2 Å². The van der Waals surface area contributed by atoms with Crippen molar-refractivity contribution < 1.29 is 13.2 Å². The number of hydrogen-bond donors (Lipinski definition) is 1. The van der Waals surface area contributed by atoms with Crippen LogP contribution in [0, 0.1) is 12.8 Å². The third-order valence-corrected chi connectivity index (χ3v) is 6.61. The Labute approximate surface area is 149 Å². The van der Waals surface area contributed by atoms with Gasteiger partial charge in [-0.1, -0.05) is 22.9 Å². The van der Waals surface area contributed by atoms with E-state index in [2.05, 4.69) is 10.3 Å². The van der Waals surface area contributed by atoms with E-state index >= 15 is 0 Å². The van der Waals surface area contributed by atoms with Crippen molar-refractivity contribution in [2.24, 2.45) is 5.92 Å². The molecule has 0 radical (unpaired) electrons. The van der Waals surface area contributed by atoms with E-state index in [1.807, 2.05) is 19.1 Å². The first kappa shape index (κ1) is 17.6. The minimum atomic E-state index is -3.18. The fraction of sp³-hybridized carbons (Fsp3) is 0.467. The van der Waals surface area contributed by atoms with Crippen LogP contribution in [0.3, 0.4) is 0 Å². The molecule has 6 nitrogen and oxygen atoms in total. The van der Waals surface area contributed by atoms with Crippen LogP contribution in [0.5, 0.6) is 0 Å². The minimum absolute atomic E-state index is 0.106. The van der Waals surface area contributed by atoms with Crippen molar-refractivity contribution in [2.75, 3.05) is 24.7 Å². The summed E-state index contributed by atoms with van der Waals surface area (Å²) in [6.07, 6.45) is 2.24. The highest BCUT2D eigenvalue weighted by molar-refractivity contribution is 7.88. The molecule has 0 bridgehead atoms. The molecule has 9 heteroatoms. The number of hydrogen-bond acceptors (Lipinski definition) is 5. The van der Waals surface area contributed by atoms with Crippen LogP contribution in [0.1, 0.15) is 18.4 Å². The van der Waals surface area contributed by atoms with E-state index in [-0.39, 0.29) is 11.8 Å². The summed E-state index contributed by atoms with van der Waals surface area (Å²) in [4.78, 5) is 16.9. The summed E-state index contributed by atoms with van der Waals surface area (Å²) in [5.41, 5.74) is 1.81. The van der Waals surface area contributed by atoms with E-state index in [1.165, 1.54) is 21.9 Å². The second kappa shape index (κ2) is 6.59. The molecule has 3 rings (SSSR count). The average Bonchev–Trinajstić information content (AvgIpc) is 2.89. The largest absolute Gasteiger partial charge is 0.302 e. The molecular formula is C15H18ClN3O3S2. The van der Waals surface area contributed by atoms with Gasteiger partial charge in [0.15, 0.2) is 5.13 Å². The number of fused-ring (bicyclic) bond motifs is 1. The number of piperidine rings is 1. The van der Waals surface area contributed by atoms with Crippen LogP contribution in [0.15, 0.2) is 12.1 Å². The number of rotatable bonds is 3. The number of nitrogens with one attached hydrogen (secondary N) is 1. The molecule has 1 aliphatic rings.